The molecule has 2 heteroatoms. The first-order chi connectivity index (χ1) is 7.09. The Bertz CT molecular complexity index is 344. The van der Waals surface area contributed by atoms with E-state index < -0.39 is 0 Å². The summed E-state index contributed by atoms with van der Waals surface area (Å²) in [5.41, 5.74) is 0.620. The molecular weight excluding hydrogens is 188 g/mol. The SMILES string of the molecule is CC(C)CC(=O)C=CC1=CC=CCC1=O. The molecule has 0 unspecified atom stereocenters. The molecule has 0 aromatic heterocycles. The van der Waals surface area contributed by atoms with Gasteiger partial charge in [0, 0.05) is 18.4 Å². The lowest BCUT2D eigenvalue weighted by Crippen LogP contribution is -2.03. The zero-order valence-electron chi connectivity index (χ0n) is 9.19. The summed E-state index contributed by atoms with van der Waals surface area (Å²) in [5, 5.41) is 0. The van der Waals surface area contributed by atoms with Crippen molar-refractivity contribution in [2.24, 2.45) is 5.92 Å². The van der Waals surface area contributed by atoms with Gasteiger partial charge < -0.3 is 0 Å². The highest BCUT2D eigenvalue weighted by Crippen LogP contribution is 2.10. The second-order valence-electron chi connectivity index (χ2n) is 4.08. The van der Waals surface area contributed by atoms with E-state index in [0.29, 0.717) is 24.3 Å². The maximum Gasteiger partial charge on any atom is 0.166 e. The Balaban J connectivity index is 2.57. The van der Waals surface area contributed by atoms with Gasteiger partial charge in [0.05, 0.1) is 0 Å². The van der Waals surface area contributed by atoms with Crippen molar-refractivity contribution in [2.45, 2.75) is 26.7 Å². The summed E-state index contributed by atoms with van der Waals surface area (Å²) in [6.07, 6.45) is 9.50. The molecule has 0 saturated carbocycles. The van der Waals surface area contributed by atoms with Crippen LogP contribution in [0, 0.1) is 5.92 Å². The van der Waals surface area contributed by atoms with Crippen LogP contribution in [0.4, 0.5) is 0 Å². The lowest BCUT2D eigenvalue weighted by atomic mass is 10.0. The zero-order chi connectivity index (χ0) is 11.3. The zero-order valence-corrected chi connectivity index (χ0v) is 9.19. The maximum atomic E-state index is 11.4. The van der Waals surface area contributed by atoms with E-state index in [0.717, 1.165) is 0 Å². The van der Waals surface area contributed by atoms with Gasteiger partial charge in [-0.25, -0.2) is 0 Å². The third-order valence-corrected chi connectivity index (χ3v) is 2.10. The summed E-state index contributed by atoms with van der Waals surface area (Å²) < 4.78 is 0. The third-order valence-electron chi connectivity index (χ3n) is 2.10. The molecule has 80 valence electrons. The van der Waals surface area contributed by atoms with Crippen molar-refractivity contribution in [3.63, 3.8) is 0 Å². The van der Waals surface area contributed by atoms with E-state index in [-0.39, 0.29) is 11.6 Å². The number of allylic oxidation sites excluding steroid dienone is 6. The summed E-state index contributed by atoms with van der Waals surface area (Å²) >= 11 is 0. The average molecular weight is 204 g/mol. The number of rotatable bonds is 4. The molecule has 1 aliphatic carbocycles. The molecule has 1 rings (SSSR count). The van der Waals surface area contributed by atoms with Gasteiger partial charge in [-0.15, -0.1) is 0 Å². The minimum absolute atomic E-state index is 0.0751. The fraction of sp³-hybridized carbons (Fsp3) is 0.385. The van der Waals surface area contributed by atoms with Gasteiger partial charge >= 0.3 is 0 Å². The molecule has 0 heterocycles. The number of carbonyl (C=O) groups is 2. The van der Waals surface area contributed by atoms with E-state index in [2.05, 4.69) is 0 Å². The predicted octanol–water partition coefficient (Wildman–Crippen LogP) is 2.61. The van der Waals surface area contributed by atoms with Gasteiger partial charge in [0.15, 0.2) is 11.6 Å². The Kier molecular flexibility index (Phi) is 4.22. The second kappa shape index (κ2) is 5.44. The smallest absolute Gasteiger partial charge is 0.166 e. The molecule has 0 fully saturated rings. The van der Waals surface area contributed by atoms with Gasteiger partial charge in [-0.2, -0.15) is 0 Å². The van der Waals surface area contributed by atoms with Crippen LogP contribution in [0.25, 0.3) is 0 Å². The van der Waals surface area contributed by atoms with E-state index in [1.807, 2.05) is 26.0 Å². The average Bonchev–Trinajstić information content (AvgIpc) is 2.15. The molecule has 0 atom stereocenters. The van der Waals surface area contributed by atoms with Gasteiger partial charge in [-0.1, -0.05) is 32.1 Å². The second-order valence-corrected chi connectivity index (χ2v) is 4.08. The molecular formula is C13H16O2. The molecule has 1 aliphatic rings. The molecule has 0 aliphatic heterocycles. The van der Waals surface area contributed by atoms with Gasteiger partial charge in [0.1, 0.15) is 0 Å². The van der Waals surface area contributed by atoms with Crippen molar-refractivity contribution in [1.29, 1.82) is 0 Å². The molecule has 0 aromatic rings. The van der Waals surface area contributed by atoms with Crippen LogP contribution >= 0.6 is 0 Å². The van der Waals surface area contributed by atoms with Gasteiger partial charge in [-0.3, -0.25) is 9.59 Å². The molecule has 0 radical (unpaired) electrons. The largest absolute Gasteiger partial charge is 0.295 e. The molecule has 0 saturated heterocycles. The van der Waals surface area contributed by atoms with E-state index in [9.17, 15) is 9.59 Å². The number of carbonyl (C=O) groups excluding carboxylic acids is 2. The van der Waals surface area contributed by atoms with Gasteiger partial charge in [0.25, 0.3) is 0 Å². The van der Waals surface area contributed by atoms with E-state index in [1.54, 1.807) is 12.2 Å². The predicted molar refractivity (Wildman–Crippen MR) is 60.4 cm³/mol. The minimum atomic E-state index is 0.0751. The summed E-state index contributed by atoms with van der Waals surface area (Å²) in [6, 6.07) is 0. The van der Waals surface area contributed by atoms with E-state index in [1.165, 1.54) is 6.08 Å². The molecule has 0 aromatic carbocycles. The maximum absolute atomic E-state index is 11.4. The van der Waals surface area contributed by atoms with E-state index in [4.69, 9.17) is 0 Å². The van der Waals surface area contributed by atoms with Crippen molar-refractivity contribution in [1.82, 2.24) is 0 Å². The highest BCUT2D eigenvalue weighted by atomic mass is 16.1. The quantitative estimate of drug-likeness (QED) is 0.660. The van der Waals surface area contributed by atoms with Crippen molar-refractivity contribution in [2.75, 3.05) is 0 Å². The summed E-state index contributed by atoms with van der Waals surface area (Å²) in [7, 11) is 0. The Hall–Kier alpha value is -1.44. The summed E-state index contributed by atoms with van der Waals surface area (Å²) in [4.78, 5) is 22.7. The normalized spacial score (nSPS) is 16.2. The molecule has 0 spiro atoms. The Morgan fingerprint density at radius 2 is 2.27 bits per heavy atom. The van der Waals surface area contributed by atoms with Crippen LogP contribution in [0.3, 0.4) is 0 Å². The van der Waals surface area contributed by atoms with Crippen LogP contribution in [-0.4, -0.2) is 11.6 Å². The highest BCUT2D eigenvalue weighted by molar-refractivity contribution is 6.02. The van der Waals surface area contributed by atoms with E-state index >= 15 is 0 Å². The molecule has 0 N–H and O–H groups in total. The highest BCUT2D eigenvalue weighted by Gasteiger charge is 2.07. The van der Waals surface area contributed by atoms with Gasteiger partial charge in [0.2, 0.25) is 0 Å². The van der Waals surface area contributed by atoms with Crippen LogP contribution < -0.4 is 0 Å². The van der Waals surface area contributed by atoms with Crippen LogP contribution in [0.5, 0.6) is 0 Å². The lowest BCUT2D eigenvalue weighted by molar-refractivity contribution is -0.115. The number of hydrogen-bond acceptors (Lipinski definition) is 2. The fourth-order valence-corrected chi connectivity index (χ4v) is 1.36. The van der Waals surface area contributed by atoms with Crippen LogP contribution in [0.2, 0.25) is 0 Å². The third kappa shape index (κ3) is 4.07. The lowest BCUT2D eigenvalue weighted by Gasteiger charge is -2.02. The summed E-state index contributed by atoms with van der Waals surface area (Å²) in [6.45, 7) is 4.00. The fourth-order valence-electron chi connectivity index (χ4n) is 1.36. The van der Waals surface area contributed by atoms with Crippen molar-refractivity contribution in [3.8, 4) is 0 Å². The number of hydrogen-bond donors (Lipinski definition) is 0. The first-order valence-corrected chi connectivity index (χ1v) is 5.20. The van der Waals surface area contributed by atoms with Crippen LogP contribution in [-0.2, 0) is 9.59 Å². The Labute approximate surface area is 90.4 Å². The standard InChI is InChI=1S/C13H16O2/c1-10(2)9-12(14)8-7-11-5-3-4-6-13(11)15/h3-5,7-8,10H,6,9H2,1-2H3. The van der Waals surface area contributed by atoms with Gasteiger partial charge in [-0.05, 0) is 18.1 Å². The number of ketones is 2. The molecule has 0 amide bonds. The first kappa shape index (κ1) is 11.6. The Morgan fingerprint density at radius 1 is 1.53 bits per heavy atom. The van der Waals surface area contributed by atoms with Crippen LogP contribution in [0.15, 0.2) is 36.0 Å². The van der Waals surface area contributed by atoms with Crippen molar-refractivity contribution >= 4 is 11.6 Å². The Morgan fingerprint density at radius 3 is 2.87 bits per heavy atom. The first-order valence-electron chi connectivity index (χ1n) is 5.20. The topological polar surface area (TPSA) is 34.1 Å². The summed E-state index contributed by atoms with van der Waals surface area (Å²) in [5.74, 6) is 0.512. The van der Waals surface area contributed by atoms with Crippen molar-refractivity contribution < 1.29 is 9.59 Å². The van der Waals surface area contributed by atoms with Crippen molar-refractivity contribution in [3.05, 3.63) is 36.0 Å². The molecule has 2 nitrogen and oxygen atoms in total. The molecule has 15 heavy (non-hydrogen) atoms. The molecule has 0 bridgehead atoms. The van der Waals surface area contributed by atoms with Crippen LogP contribution in [0.1, 0.15) is 26.7 Å². The minimum Gasteiger partial charge on any atom is -0.295 e. The monoisotopic (exact) mass is 204 g/mol. The number of Topliss-reactive ketones (excluding diaryl/α,β-unsaturated/α-hetero) is 1.